The van der Waals surface area contributed by atoms with Crippen molar-refractivity contribution in [2.45, 2.75) is 32.4 Å². The van der Waals surface area contributed by atoms with Gasteiger partial charge in [-0.3, -0.25) is 9.59 Å². The summed E-state index contributed by atoms with van der Waals surface area (Å²) >= 11 is 2.95. The fourth-order valence-corrected chi connectivity index (χ4v) is 4.12. The molecule has 0 bridgehead atoms. The van der Waals surface area contributed by atoms with Gasteiger partial charge >= 0.3 is 0 Å². The van der Waals surface area contributed by atoms with Gasteiger partial charge in [0, 0.05) is 11.1 Å². The number of fused-ring (bicyclic) bond motifs is 1. The van der Waals surface area contributed by atoms with E-state index in [1.165, 1.54) is 11.8 Å². The molecule has 8 heteroatoms. The molecule has 0 atom stereocenters. The van der Waals surface area contributed by atoms with Crippen LogP contribution in [0.4, 0.5) is 5.82 Å². The molecule has 26 heavy (non-hydrogen) atoms. The van der Waals surface area contributed by atoms with Crippen LogP contribution in [0.2, 0.25) is 0 Å². The number of nitrogens with zero attached hydrogens (tertiary/aromatic N) is 2. The number of anilines is 1. The molecule has 0 saturated carbocycles. The largest absolute Gasteiger partial charge is 0.310 e. The smallest absolute Gasteiger partial charge is 0.259 e. The first-order valence-corrected chi connectivity index (χ1v) is 10.2. The standard InChI is InChI=1S/C18H20N4O2S2/c1-10(2)13-7-12-17(24)20-14(21-18(12)26-13)8-25-9-15(23)22-16-11(3)5-4-6-19-16/h4-7,10H,8-9H2,1-3H3,(H,19,22,23)(H,20,21,24). The summed E-state index contributed by atoms with van der Waals surface area (Å²) < 4.78 is 0. The summed E-state index contributed by atoms with van der Waals surface area (Å²) in [5, 5.41) is 3.43. The molecule has 1 amide bonds. The van der Waals surface area contributed by atoms with Crippen LogP contribution in [0.15, 0.2) is 29.2 Å². The van der Waals surface area contributed by atoms with Gasteiger partial charge in [0.05, 0.1) is 16.9 Å². The van der Waals surface area contributed by atoms with Crippen molar-refractivity contribution >= 4 is 45.0 Å². The SMILES string of the molecule is Cc1cccnc1NC(=O)CSCc1nc2sc(C(C)C)cc2c(=O)[nH]1. The van der Waals surface area contributed by atoms with E-state index in [-0.39, 0.29) is 17.2 Å². The minimum Gasteiger partial charge on any atom is -0.310 e. The minimum atomic E-state index is -0.126. The summed E-state index contributed by atoms with van der Waals surface area (Å²) in [5.41, 5.74) is 0.795. The van der Waals surface area contributed by atoms with Crippen LogP contribution < -0.4 is 10.9 Å². The van der Waals surface area contributed by atoms with E-state index in [0.29, 0.717) is 28.7 Å². The number of thioether (sulfide) groups is 1. The van der Waals surface area contributed by atoms with Gasteiger partial charge in [-0.1, -0.05) is 19.9 Å². The lowest BCUT2D eigenvalue weighted by molar-refractivity contribution is -0.113. The molecule has 2 N–H and O–H groups in total. The molecule has 0 radical (unpaired) electrons. The Kier molecular flexibility index (Phi) is 5.73. The van der Waals surface area contributed by atoms with Crippen LogP contribution in [-0.2, 0) is 10.5 Å². The van der Waals surface area contributed by atoms with Crippen molar-refractivity contribution in [1.82, 2.24) is 15.0 Å². The van der Waals surface area contributed by atoms with Crippen LogP contribution in [-0.4, -0.2) is 26.6 Å². The summed E-state index contributed by atoms with van der Waals surface area (Å²) in [4.78, 5) is 37.7. The number of amides is 1. The summed E-state index contributed by atoms with van der Waals surface area (Å²) in [7, 11) is 0. The third kappa shape index (κ3) is 4.31. The van der Waals surface area contributed by atoms with Crippen molar-refractivity contribution in [1.29, 1.82) is 0 Å². The third-order valence-electron chi connectivity index (χ3n) is 3.78. The summed E-state index contributed by atoms with van der Waals surface area (Å²) in [6.45, 7) is 6.08. The van der Waals surface area contributed by atoms with E-state index >= 15 is 0 Å². The molecule has 0 aliphatic carbocycles. The van der Waals surface area contributed by atoms with Gasteiger partial charge in [0.2, 0.25) is 5.91 Å². The number of H-pyrrole nitrogens is 1. The van der Waals surface area contributed by atoms with E-state index in [0.717, 1.165) is 15.3 Å². The monoisotopic (exact) mass is 388 g/mol. The molecule has 136 valence electrons. The Morgan fingerprint density at radius 1 is 1.42 bits per heavy atom. The lowest BCUT2D eigenvalue weighted by Crippen LogP contribution is -2.16. The first kappa shape index (κ1) is 18.6. The lowest BCUT2D eigenvalue weighted by atomic mass is 10.2. The van der Waals surface area contributed by atoms with Gasteiger partial charge in [0.25, 0.3) is 5.56 Å². The van der Waals surface area contributed by atoms with Crippen LogP contribution in [0, 0.1) is 6.92 Å². The van der Waals surface area contributed by atoms with E-state index in [2.05, 4.69) is 34.1 Å². The molecule has 0 spiro atoms. The molecular weight excluding hydrogens is 368 g/mol. The molecular formula is C18H20N4O2S2. The molecule has 0 aromatic carbocycles. The highest BCUT2D eigenvalue weighted by Crippen LogP contribution is 2.27. The molecule has 0 saturated heterocycles. The van der Waals surface area contributed by atoms with Crippen molar-refractivity contribution in [2.24, 2.45) is 0 Å². The van der Waals surface area contributed by atoms with Crippen molar-refractivity contribution < 1.29 is 4.79 Å². The second-order valence-corrected chi connectivity index (χ2v) is 8.29. The molecule has 0 aliphatic rings. The highest BCUT2D eigenvalue weighted by atomic mass is 32.2. The third-order valence-corrected chi connectivity index (χ3v) is 6.05. The van der Waals surface area contributed by atoms with E-state index in [1.807, 2.05) is 25.1 Å². The number of pyridine rings is 1. The van der Waals surface area contributed by atoms with Crippen LogP contribution >= 0.6 is 23.1 Å². The second-order valence-electron chi connectivity index (χ2n) is 6.24. The van der Waals surface area contributed by atoms with Crippen molar-refractivity contribution in [3.05, 3.63) is 51.0 Å². The first-order chi connectivity index (χ1) is 12.4. The molecule has 6 nitrogen and oxygen atoms in total. The highest BCUT2D eigenvalue weighted by molar-refractivity contribution is 7.99. The first-order valence-electron chi connectivity index (χ1n) is 8.26. The number of aryl methyl sites for hydroxylation is 1. The fraction of sp³-hybridized carbons (Fsp3) is 0.333. The van der Waals surface area contributed by atoms with E-state index < -0.39 is 0 Å². The fourth-order valence-electron chi connectivity index (χ4n) is 2.37. The van der Waals surface area contributed by atoms with Gasteiger partial charge in [0.15, 0.2) is 0 Å². The van der Waals surface area contributed by atoms with E-state index in [4.69, 9.17) is 0 Å². The predicted molar refractivity (Wildman–Crippen MR) is 108 cm³/mol. The molecule has 0 aliphatic heterocycles. The normalized spacial score (nSPS) is 11.2. The van der Waals surface area contributed by atoms with Gasteiger partial charge in [-0.15, -0.1) is 23.1 Å². The molecule has 0 unspecified atom stereocenters. The molecule has 0 fully saturated rings. The van der Waals surface area contributed by atoms with Crippen molar-refractivity contribution in [2.75, 3.05) is 11.1 Å². The number of thiophene rings is 1. The Labute approximate surface area is 159 Å². The molecule has 3 aromatic rings. The maximum atomic E-state index is 12.2. The van der Waals surface area contributed by atoms with E-state index in [1.54, 1.807) is 17.5 Å². The van der Waals surface area contributed by atoms with Crippen LogP contribution in [0.3, 0.4) is 0 Å². The zero-order valence-corrected chi connectivity index (χ0v) is 16.5. The van der Waals surface area contributed by atoms with Gasteiger partial charge < -0.3 is 10.3 Å². The van der Waals surface area contributed by atoms with Crippen LogP contribution in [0.1, 0.15) is 36.0 Å². The maximum Gasteiger partial charge on any atom is 0.259 e. The summed E-state index contributed by atoms with van der Waals surface area (Å²) in [6.07, 6.45) is 1.64. The van der Waals surface area contributed by atoms with Gasteiger partial charge in [0.1, 0.15) is 16.5 Å². The summed E-state index contributed by atoms with van der Waals surface area (Å²) in [5.74, 6) is 2.13. The number of rotatable bonds is 6. The molecule has 3 aromatic heterocycles. The van der Waals surface area contributed by atoms with Gasteiger partial charge in [-0.25, -0.2) is 9.97 Å². The number of hydrogen-bond acceptors (Lipinski definition) is 6. The Hall–Kier alpha value is -2.19. The predicted octanol–water partition coefficient (Wildman–Crippen LogP) is 3.68. The Balaban J connectivity index is 1.62. The molecule has 3 rings (SSSR count). The van der Waals surface area contributed by atoms with E-state index in [9.17, 15) is 9.59 Å². The van der Waals surface area contributed by atoms with Crippen LogP contribution in [0.5, 0.6) is 0 Å². The second kappa shape index (κ2) is 8.01. The highest BCUT2D eigenvalue weighted by Gasteiger charge is 2.12. The Bertz CT molecular complexity index is 994. The number of carbonyl (C=O) groups is 1. The average molecular weight is 389 g/mol. The number of nitrogens with one attached hydrogen (secondary N) is 2. The number of aromatic nitrogens is 3. The van der Waals surface area contributed by atoms with Gasteiger partial charge in [-0.2, -0.15) is 0 Å². The Morgan fingerprint density at radius 2 is 2.23 bits per heavy atom. The Morgan fingerprint density at radius 3 is 2.96 bits per heavy atom. The summed E-state index contributed by atoms with van der Waals surface area (Å²) in [6, 6.07) is 5.63. The van der Waals surface area contributed by atoms with Crippen molar-refractivity contribution in [3.63, 3.8) is 0 Å². The minimum absolute atomic E-state index is 0.123. The zero-order chi connectivity index (χ0) is 18.7. The number of carbonyl (C=O) groups excluding carboxylic acids is 1. The average Bonchev–Trinajstić information content (AvgIpc) is 3.02. The topological polar surface area (TPSA) is 87.7 Å². The lowest BCUT2D eigenvalue weighted by Gasteiger charge is -2.06. The van der Waals surface area contributed by atoms with Crippen molar-refractivity contribution in [3.8, 4) is 0 Å². The number of aromatic amines is 1. The quantitative estimate of drug-likeness (QED) is 0.672. The zero-order valence-electron chi connectivity index (χ0n) is 14.8. The number of hydrogen-bond donors (Lipinski definition) is 2. The maximum absolute atomic E-state index is 12.2. The van der Waals surface area contributed by atoms with Crippen LogP contribution in [0.25, 0.3) is 10.2 Å². The molecule has 3 heterocycles. The van der Waals surface area contributed by atoms with Gasteiger partial charge in [-0.05, 0) is 30.5 Å².